The van der Waals surface area contributed by atoms with Gasteiger partial charge >= 0.3 is 51.8 Å². The van der Waals surface area contributed by atoms with E-state index in [0.29, 0.717) is 0 Å². The van der Waals surface area contributed by atoms with Crippen LogP contribution in [0.1, 0.15) is 6.92 Å². The summed E-state index contributed by atoms with van der Waals surface area (Å²) in [5.74, 6) is -4.35. The van der Waals surface area contributed by atoms with Gasteiger partial charge in [-0.05, 0) is 0 Å². The van der Waals surface area contributed by atoms with Crippen molar-refractivity contribution in [1.29, 1.82) is 0 Å². The van der Waals surface area contributed by atoms with Gasteiger partial charge in [-0.15, -0.1) is 0 Å². The van der Waals surface area contributed by atoms with Gasteiger partial charge in [0, 0.05) is 31.9 Å². The second-order valence-corrected chi connectivity index (χ2v) is 6.20. The molecule has 0 aromatic rings. The number of halogens is 6. The zero-order valence-electron chi connectivity index (χ0n) is 8.39. The molecule has 11 heteroatoms. The molecule has 2 N–H and O–H groups in total. The van der Waals surface area contributed by atoms with E-state index in [1.54, 1.807) is 31.9 Å². The molecule has 0 saturated carbocycles. The summed E-state index contributed by atoms with van der Waals surface area (Å²) in [4.78, 5) is 10.9. The minimum absolute atomic E-state index is 1.38. The number of aliphatic carboxylic acids is 2. The van der Waals surface area contributed by atoms with Crippen LogP contribution in [0.25, 0.3) is 0 Å². The average molecular weight is 444 g/mol. The molecule has 0 rings (SSSR count). The molecule has 0 bridgehead atoms. The van der Waals surface area contributed by atoms with Crippen molar-refractivity contribution in [3.8, 4) is 0 Å². The second-order valence-electron chi connectivity index (χ2n) is 2.11. The van der Waals surface area contributed by atoms with Crippen LogP contribution in [0.15, 0.2) is 0 Å². The molecule has 4 nitrogen and oxygen atoms in total. The second kappa shape index (κ2) is 10.2. The maximum Gasteiger partial charge on any atom is 0.395 e. The van der Waals surface area contributed by atoms with Crippen LogP contribution in [0.3, 0.4) is 0 Å². The number of carboxylic acid groups (broad SMARTS) is 2. The first-order valence-corrected chi connectivity index (χ1v) is 7.38. The molecule has 0 fully saturated rings. The molecule has 0 aromatic heterocycles. The van der Waals surface area contributed by atoms with Crippen molar-refractivity contribution in [2.45, 2.75) is 21.6 Å². The van der Waals surface area contributed by atoms with Crippen LogP contribution in [-0.4, -0.2) is 31.8 Å². The summed E-state index contributed by atoms with van der Waals surface area (Å²) in [6, 6.07) is 0. The first kappa shape index (κ1) is 22.4. The molecule has 0 spiro atoms. The Hall–Kier alpha value is 0.243. The van der Waals surface area contributed by atoms with Crippen LogP contribution >= 0.6 is 31.9 Å². The molecule has 0 amide bonds. The summed E-state index contributed by atoms with van der Waals surface area (Å²) in [7, 11) is 0. The Balaban J connectivity index is -0.000000188. The topological polar surface area (TPSA) is 74.6 Å². The van der Waals surface area contributed by atoms with Crippen molar-refractivity contribution in [1.82, 2.24) is 0 Å². The van der Waals surface area contributed by atoms with Gasteiger partial charge in [0.15, 0.2) is 0 Å². The molecular formula is C6H7Br2F4O4Zn. The van der Waals surface area contributed by atoms with E-state index in [4.69, 9.17) is 10.2 Å². The predicted octanol–water partition coefficient (Wildman–Crippen LogP) is 3.09. The van der Waals surface area contributed by atoms with Gasteiger partial charge in [-0.3, -0.25) is 0 Å². The largest absolute Gasteiger partial charge is 0.476 e. The van der Waals surface area contributed by atoms with Crippen molar-refractivity contribution >= 4 is 43.8 Å². The summed E-state index contributed by atoms with van der Waals surface area (Å²) in [5, 5.41) is 16.3. The van der Waals surface area contributed by atoms with Crippen molar-refractivity contribution in [3.05, 3.63) is 0 Å². The summed E-state index contributed by atoms with van der Waals surface area (Å²) in [5.41, 5.74) is 0. The summed E-state index contributed by atoms with van der Waals surface area (Å²) >= 11 is 4.66. The molecule has 0 aliphatic heterocycles. The van der Waals surface area contributed by atoms with Gasteiger partial charge in [0.25, 0.3) is 0 Å². The van der Waals surface area contributed by atoms with Crippen molar-refractivity contribution < 1.29 is 55.7 Å². The van der Waals surface area contributed by atoms with Crippen LogP contribution in [0.4, 0.5) is 17.6 Å². The molecule has 0 unspecified atom stereocenters. The summed E-state index contributed by atoms with van der Waals surface area (Å²) in [6.07, 6.45) is 0. The van der Waals surface area contributed by atoms with Gasteiger partial charge in [0.05, 0.1) is 0 Å². The molecule has 0 aliphatic rings. The monoisotopic (exact) mass is 441 g/mol. The fourth-order valence-electron chi connectivity index (χ4n) is 0. The van der Waals surface area contributed by atoms with Crippen molar-refractivity contribution in [3.63, 3.8) is 0 Å². The minimum atomic E-state index is -3.77. The van der Waals surface area contributed by atoms with Crippen LogP contribution < -0.4 is 0 Å². The van der Waals surface area contributed by atoms with E-state index >= 15 is 0 Å². The normalized spacial score (nSPS) is 10.4. The molecule has 0 aromatic carbocycles. The summed E-state index contributed by atoms with van der Waals surface area (Å²) in [6.45, 7) is 2.18. The van der Waals surface area contributed by atoms with Gasteiger partial charge in [-0.1, -0.05) is 0 Å². The Labute approximate surface area is 121 Å². The molecule has 0 saturated heterocycles. The number of carboxylic acids is 2. The fraction of sp³-hybridized carbons (Fsp3) is 0.667. The van der Waals surface area contributed by atoms with Crippen molar-refractivity contribution in [2.75, 3.05) is 0 Å². The van der Waals surface area contributed by atoms with E-state index in [1.165, 1.54) is 23.3 Å². The third-order valence-electron chi connectivity index (χ3n) is 0.485. The molecule has 0 aliphatic carbocycles. The Morgan fingerprint density at radius 3 is 1.12 bits per heavy atom. The van der Waals surface area contributed by atoms with Crippen LogP contribution in [0.5, 0.6) is 0 Å². The Kier molecular flexibility index (Phi) is 13.4. The quantitative estimate of drug-likeness (QED) is 0.390. The van der Waals surface area contributed by atoms with E-state index in [0.717, 1.165) is 0 Å². The zero-order valence-corrected chi connectivity index (χ0v) is 14.5. The fourth-order valence-corrected chi connectivity index (χ4v) is 0. The molecular weight excluding hydrogens is 437 g/mol. The molecule has 99 valence electrons. The molecule has 0 heterocycles. The van der Waals surface area contributed by atoms with Crippen molar-refractivity contribution in [2.24, 2.45) is 0 Å². The molecule has 0 atom stereocenters. The average Bonchev–Trinajstić information content (AvgIpc) is 2.02. The zero-order chi connectivity index (χ0) is 14.9. The van der Waals surface area contributed by atoms with Gasteiger partial charge in [-0.2, -0.15) is 17.6 Å². The van der Waals surface area contributed by atoms with E-state index in [9.17, 15) is 27.2 Å². The number of alkyl halides is 6. The van der Waals surface area contributed by atoms with E-state index < -0.39 is 21.6 Å². The first-order valence-electron chi connectivity index (χ1n) is 3.70. The van der Waals surface area contributed by atoms with Gasteiger partial charge in [0.2, 0.25) is 0 Å². The van der Waals surface area contributed by atoms with Crippen LogP contribution in [-0.2, 0) is 27.9 Å². The minimum Gasteiger partial charge on any atom is -0.476 e. The van der Waals surface area contributed by atoms with Gasteiger partial charge in [-0.25, -0.2) is 9.59 Å². The Morgan fingerprint density at radius 2 is 1.12 bits per heavy atom. The Bertz CT molecular complexity index is 217. The number of hydrogen-bond donors (Lipinski definition) is 2. The summed E-state index contributed by atoms with van der Waals surface area (Å²) < 4.78 is 44.6. The third kappa shape index (κ3) is 22.0. The Morgan fingerprint density at radius 1 is 1.06 bits per heavy atom. The van der Waals surface area contributed by atoms with E-state index in [1.807, 2.05) is 0 Å². The van der Waals surface area contributed by atoms with Crippen LogP contribution in [0.2, 0.25) is 5.02 Å². The van der Waals surface area contributed by atoms with E-state index in [2.05, 4.69) is 6.92 Å². The van der Waals surface area contributed by atoms with Gasteiger partial charge < -0.3 is 10.2 Å². The predicted molar refractivity (Wildman–Crippen MR) is 53.5 cm³/mol. The standard InChI is InChI=1S/2C2HBrF2O2.C2H5.Zn/c2*3-2(4,5)1(6)7;1-2;/h2*(H,6,7);1H2,2H3;. The molecule has 0 radical (unpaired) electrons. The first-order chi connectivity index (χ1) is 7.30. The third-order valence-corrected chi connectivity index (χ3v) is 1.16. The number of carbonyl (C=O) groups is 2. The van der Waals surface area contributed by atoms with Gasteiger partial charge in [0.1, 0.15) is 0 Å². The van der Waals surface area contributed by atoms with E-state index in [-0.39, 0.29) is 0 Å². The molecule has 17 heavy (non-hydrogen) atoms. The van der Waals surface area contributed by atoms with Crippen LogP contribution in [0, 0.1) is 0 Å². The SMILES string of the molecule is C[CH2][Zn].O=C(O)C(F)(F)Br.O=C(O)C(F)(F)Br. The number of rotatable bonds is 2. The maximum atomic E-state index is 11.2. The maximum absolute atomic E-state index is 11.2. The smallest absolute Gasteiger partial charge is 0.395 e. The number of hydrogen-bond acceptors (Lipinski definition) is 2.